The number of hydrogen-bond donors (Lipinski definition) is 0. The molecule has 1 saturated carbocycles. The molecule has 29 heavy (non-hydrogen) atoms. The third-order valence-electron chi connectivity index (χ3n) is 7.29. The van der Waals surface area contributed by atoms with Crippen LogP contribution in [0.1, 0.15) is 87.4 Å². The van der Waals surface area contributed by atoms with Crippen molar-refractivity contribution in [2.75, 3.05) is 14.2 Å². The van der Waals surface area contributed by atoms with Crippen LogP contribution in [-0.4, -0.2) is 20.5 Å². The summed E-state index contributed by atoms with van der Waals surface area (Å²) in [5.41, 5.74) is 2.52. The van der Waals surface area contributed by atoms with Gasteiger partial charge in [-0.05, 0) is 55.1 Å². The maximum Gasteiger partial charge on any atom is 0.175 e. The van der Waals surface area contributed by atoms with Gasteiger partial charge in [0.1, 0.15) is 16.9 Å². The van der Waals surface area contributed by atoms with Gasteiger partial charge in [0.25, 0.3) is 0 Å². The van der Waals surface area contributed by atoms with Crippen molar-refractivity contribution in [1.29, 1.82) is 0 Å². The first-order chi connectivity index (χ1) is 13.7. The van der Waals surface area contributed by atoms with Crippen molar-refractivity contribution in [1.82, 2.24) is 0 Å². The summed E-state index contributed by atoms with van der Waals surface area (Å²) < 4.78 is 17.1. The number of aryl methyl sites for hydroxylation is 1. The molecular formula is C25H36O4. The van der Waals surface area contributed by atoms with Gasteiger partial charge in [0.05, 0.1) is 14.2 Å². The Morgan fingerprint density at radius 2 is 2.03 bits per heavy atom. The fourth-order valence-corrected chi connectivity index (χ4v) is 5.56. The van der Waals surface area contributed by atoms with Crippen molar-refractivity contribution in [3.63, 3.8) is 0 Å². The Balaban J connectivity index is 1.91. The van der Waals surface area contributed by atoms with Crippen LogP contribution < -0.4 is 9.47 Å². The standard InChI is InChI=1S/C25H36O4/c1-15-9-8-12-25(4,5)20(15)11-10-16(2)22-17(3)18-13-21(27-6)24(28-7)19(14-26)23(18)29-22/h13-16,20H,8-12H2,1-7H3/t15?,16-,20?/m1/s1. The minimum absolute atomic E-state index is 0.295. The third kappa shape index (κ3) is 3.91. The van der Waals surface area contributed by atoms with Gasteiger partial charge in [0.2, 0.25) is 0 Å². The molecule has 0 saturated heterocycles. The summed E-state index contributed by atoms with van der Waals surface area (Å²) in [4.78, 5) is 11.8. The molecule has 2 aromatic rings. The van der Waals surface area contributed by atoms with Crippen molar-refractivity contribution in [2.45, 2.75) is 72.6 Å². The lowest BCUT2D eigenvalue weighted by Crippen LogP contribution is -2.33. The molecule has 0 radical (unpaired) electrons. The van der Waals surface area contributed by atoms with Crippen LogP contribution in [0.25, 0.3) is 11.0 Å². The van der Waals surface area contributed by atoms with Crippen LogP contribution in [0.5, 0.6) is 11.5 Å². The summed E-state index contributed by atoms with van der Waals surface area (Å²) in [6, 6.07) is 1.92. The number of carbonyl (C=O) groups excluding carboxylic acids is 1. The lowest BCUT2D eigenvalue weighted by atomic mass is 9.62. The molecule has 0 aliphatic heterocycles. The van der Waals surface area contributed by atoms with Crippen LogP contribution in [0.2, 0.25) is 0 Å². The first-order valence-electron chi connectivity index (χ1n) is 10.9. The molecular weight excluding hydrogens is 364 g/mol. The Labute approximate surface area is 174 Å². The van der Waals surface area contributed by atoms with Gasteiger partial charge in [-0.25, -0.2) is 0 Å². The number of aldehydes is 1. The Hall–Kier alpha value is -1.97. The molecule has 2 unspecified atom stereocenters. The number of benzene rings is 1. The zero-order chi connectivity index (χ0) is 21.3. The van der Waals surface area contributed by atoms with Crippen LogP contribution >= 0.6 is 0 Å². The lowest BCUT2D eigenvalue weighted by molar-refractivity contribution is 0.0728. The number of rotatable bonds is 7. The van der Waals surface area contributed by atoms with Gasteiger partial charge in [-0.3, -0.25) is 4.79 Å². The van der Waals surface area contributed by atoms with E-state index in [1.165, 1.54) is 25.7 Å². The Morgan fingerprint density at radius 1 is 1.31 bits per heavy atom. The number of hydrogen-bond acceptors (Lipinski definition) is 4. The molecule has 4 heteroatoms. The van der Waals surface area contributed by atoms with E-state index in [9.17, 15) is 4.79 Å². The lowest BCUT2D eigenvalue weighted by Gasteiger charge is -2.43. The largest absolute Gasteiger partial charge is 0.493 e. The fraction of sp³-hybridized carbons (Fsp3) is 0.640. The van der Waals surface area contributed by atoms with Crippen LogP contribution in [0.3, 0.4) is 0 Å². The topological polar surface area (TPSA) is 48.7 Å². The fourth-order valence-electron chi connectivity index (χ4n) is 5.56. The van der Waals surface area contributed by atoms with E-state index in [0.717, 1.165) is 41.3 Å². The van der Waals surface area contributed by atoms with E-state index in [-0.39, 0.29) is 0 Å². The number of furan rings is 1. The van der Waals surface area contributed by atoms with E-state index in [2.05, 4.69) is 34.6 Å². The molecule has 1 aromatic carbocycles. The first kappa shape index (κ1) is 21.7. The highest BCUT2D eigenvalue weighted by atomic mass is 16.5. The quantitative estimate of drug-likeness (QED) is 0.473. The molecule has 0 spiro atoms. The second-order valence-corrected chi connectivity index (χ2v) is 9.55. The van der Waals surface area contributed by atoms with Crippen molar-refractivity contribution < 1.29 is 18.7 Å². The van der Waals surface area contributed by atoms with E-state index < -0.39 is 0 Å². The summed E-state index contributed by atoms with van der Waals surface area (Å²) in [5.74, 6) is 3.78. The molecule has 4 nitrogen and oxygen atoms in total. The van der Waals surface area contributed by atoms with E-state index in [4.69, 9.17) is 13.9 Å². The van der Waals surface area contributed by atoms with Crippen LogP contribution in [-0.2, 0) is 0 Å². The number of fused-ring (bicyclic) bond motifs is 1. The molecule has 1 aliphatic carbocycles. The van der Waals surface area contributed by atoms with E-state index in [1.807, 2.05) is 6.07 Å². The highest BCUT2D eigenvalue weighted by molar-refractivity contribution is 6.01. The number of carbonyl (C=O) groups is 1. The molecule has 0 bridgehead atoms. The smallest absolute Gasteiger partial charge is 0.175 e. The minimum atomic E-state index is 0.295. The predicted molar refractivity (Wildman–Crippen MR) is 117 cm³/mol. The molecule has 1 aliphatic rings. The summed E-state index contributed by atoms with van der Waals surface area (Å²) in [6.45, 7) is 11.6. The van der Waals surface area contributed by atoms with E-state index in [0.29, 0.717) is 34.0 Å². The Bertz CT molecular complexity index is 877. The Morgan fingerprint density at radius 3 is 2.62 bits per heavy atom. The molecule has 1 aromatic heterocycles. The highest BCUT2D eigenvalue weighted by Gasteiger charge is 2.36. The molecule has 1 fully saturated rings. The molecule has 3 atom stereocenters. The van der Waals surface area contributed by atoms with Crippen molar-refractivity contribution >= 4 is 17.3 Å². The molecule has 160 valence electrons. The summed E-state index contributed by atoms with van der Waals surface area (Å²) in [7, 11) is 3.13. The average Bonchev–Trinajstić information content (AvgIpc) is 3.01. The van der Waals surface area contributed by atoms with Gasteiger partial charge in [0.15, 0.2) is 17.8 Å². The van der Waals surface area contributed by atoms with Gasteiger partial charge in [-0.2, -0.15) is 0 Å². The molecule has 0 N–H and O–H groups in total. The third-order valence-corrected chi connectivity index (χ3v) is 7.29. The van der Waals surface area contributed by atoms with Gasteiger partial charge in [-0.15, -0.1) is 0 Å². The Kier molecular flexibility index (Phi) is 6.30. The maximum atomic E-state index is 11.8. The van der Waals surface area contributed by atoms with Gasteiger partial charge < -0.3 is 13.9 Å². The van der Waals surface area contributed by atoms with Gasteiger partial charge >= 0.3 is 0 Å². The second-order valence-electron chi connectivity index (χ2n) is 9.55. The second kappa shape index (κ2) is 8.41. The van der Waals surface area contributed by atoms with E-state index in [1.54, 1.807) is 14.2 Å². The summed E-state index contributed by atoms with van der Waals surface area (Å²) in [6.07, 6.45) is 7.11. The van der Waals surface area contributed by atoms with Crippen LogP contribution in [0.4, 0.5) is 0 Å². The molecule has 0 amide bonds. The van der Waals surface area contributed by atoms with Gasteiger partial charge in [0, 0.05) is 11.3 Å². The van der Waals surface area contributed by atoms with Crippen LogP contribution in [0.15, 0.2) is 10.5 Å². The van der Waals surface area contributed by atoms with Crippen molar-refractivity contribution in [2.24, 2.45) is 17.3 Å². The highest BCUT2D eigenvalue weighted by Crippen LogP contribution is 2.48. The predicted octanol–water partition coefficient (Wildman–Crippen LogP) is 6.92. The normalized spacial score (nSPS) is 22.4. The monoisotopic (exact) mass is 400 g/mol. The maximum absolute atomic E-state index is 11.8. The van der Waals surface area contributed by atoms with Crippen molar-refractivity contribution in [3.8, 4) is 11.5 Å². The zero-order valence-electron chi connectivity index (χ0n) is 19.1. The number of ether oxygens (including phenoxy) is 2. The number of methoxy groups -OCH3 is 2. The van der Waals surface area contributed by atoms with Crippen LogP contribution in [0, 0.1) is 24.2 Å². The molecule has 3 rings (SSSR count). The first-order valence-corrected chi connectivity index (χ1v) is 10.9. The summed E-state index contributed by atoms with van der Waals surface area (Å²) >= 11 is 0. The van der Waals surface area contributed by atoms with E-state index >= 15 is 0 Å². The van der Waals surface area contributed by atoms with Crippen molar-refractivity contribution in [3.05, 3.63) is 23.0 Å². The van der Waals surface area contributed by atoms with Gasteiger partial charge in [-0.1, -0.05) is 40.5 Å². The summed E-state index contributed by atoms with van der Waals surface area (Å²) in [5, 5.41) is 0.929. The average molecular weight is 401 g/mol. The zero-order valence-corrected chi connectivity index (χ0v) is 19.1. The SMILES string of the molecule is COc1cc2c(C)c([C@H](C)CCC3C(C)CCCC3(C)C)oc2c(C=O)c1OC. The minimum Gasteiger partial charge on any atom is -0.493 e. The molecule has 1 heterocycles.